The van der Waals surface area contributed by atoms with E-state index in [1.165, 1.54) is 11.5 Å². The lowest BCUT2D eigenvalue weighted by molar-refractivity contribution is 0.131. The van der Waals surface area contributed by atoms with Crippen molar-refractivity contribution in [1.82, 2.24) is 4.37 Å². The summed E-state index contributed by atoms with van der Waals surface area (Å²) in [6, 6.07) is 0. The van der Waals surface area contributed by atoms with Gasteiger partial charge in [0, 0.05) is 0 Å². The van der Waals surface area contributed by atoms with Crippen molar-refractivity contribution in [3.05, 3.63) is 11.6 Å². The molecule has 0 aliphatic heterocycles. The van der Waals surface area contributed by atoms with E-state index in [0.29, 0.717) is 0 Å². The number of nitrogens with zero attached hydrogens (tertiary/aromatic N) is 1. The Morgan fingerprint density at radius 3 is 2.60 bits per heavy atom. The van der Waals surface area contributed by atoms with Crippen LogP contribution in [-0.4, -0.2) is 9.97 Å². The summed E-state index contributed by atoms with van der Waals surface area (Å²) in [7, 11) is 0. The molecule has 0 atom stereocenters. The predicted molar refractivity (Wildman–Crippen MR) is 42.5 cm³/mol. The van der Waals surface area contributed by atoms with E-state index in [2.05, 4.69) is 4.37 Å². The molecule has 56 valence electrons. The molecule has 10 heavy (non-hydrogen) atoms. The molecule has 0 aliphatic rings. The first-order chi connectivity index (χ1) is 4.58. The second kappa shape index (κ2) is 2.58. The highest BCUT2D eigenvalue weighted by molar-refractivity contribution is 7.03. The molecule has 0 amide bonds. The topological polar surface area (TPSA) is 22.1 Å². The number of rotatable bonds is 1. The maximum absolute atomic E-state index is 5.49. The minimum atomic E-state index is -0.108. The van der Waals surface area contributed by atoms with E-state index in [1.807, 2.05) is 26.2 Å². The van der Waals surface area contributed by atoms with E-state index in [1.54, 1.807) is 6.20 Å². The molecule has 2 nitrogen and oxygen atoms in total. The van der Waals surface area contributed by atoms with Crippen LogP contribution in [0.5, 0.6) is 5.75 Å². The zero-order valence-corrected chi connectivity index (χ0v) is 7.23. The van der Waals surface area contributed by atoms with Crippen molar-refractivity contribution in [3.8, 4) is 5.75 Å². The summed E-state index contributed by atoms with van der Waals surface area (Å²) in [5, 5.41) is 1.89. The van der Waals surface area contributed by atoms with Gasteiger partial charge in [-0.2, -0.15) is 4.37 Å². The van der Waals surface area contributed by atoms with E-state index >= 15 is 0 Å². The lowest BCUT2D eigenvalue weighted by atomic mass is 10.2. The molecule has 0 radical (unpaired) electrons. The lowest BCUT2D eigenvalue weighted by Gasteiger charge is -2.19. The van der Waals surface area contributed by atoms with Crippen molar-refractivity contribution >= 4 is 11.5 Å². The van der Waals surface area contributed by atoms with Crippen LogP contribution >= 0.6 is 11.5 Å². The molecule has 0 bridgehead atoms. The maximum atomic E-state index is 5.49. The molecule has 1 rings (SSSR count). The number of ether oxygens (including phenoxy) is 1. The summed E-state index contributed by atoms with van der Waals surface area (Å²) in [5.74, 6) is 0.859. The van der Waals surface area contributed by atoms with Crippen LogP contribution in [0.1, 0.15) is 20.8 Å². The Morgan fingerprint density at radius 2 is 2.20 bits per heavy atom. The molecule has 0 saturated heterocycles. The summed E-state index contributed by atoms with van der Waals surface area (Å²) in [6.45, 7) is 6.06. The molecule has 1 heterocycles. The van der Waals surface area contributed by atoms with Gasteiger partial charge in [-0.3, -0.25) is 0 Å². The fraction of sp³-hybridized carbons (Fsp3) is 0.571. The molecule has 0 N–H and O–H groups in total. The molecule has 0 aliphatic carbocycles. The Kier molecular flexibility index (Phi) is 1.94. The van der Waals surface area contributed by atoms with E-state index in [4.69, 9.17) is 4.74 Å². The van der Waals surface area contributed by atoms with Gasteiger partial charge >= 0.3 is 0 Å². The summed E-state index contributed by atoms with van der Waals surface area (Å²) >= 11 is 1.41. The molecule has 3 heteroatoms. The molecular weight excluding hydrogens is 146 g/mol. The van der Waals surface area contributed by atoms with E-state index in [0.717, 1.165) is 5.75 Å². The average molecular weight is 157 g/mol. The fourth-order valence-electron chi connectivity index (χ4n) is 0.599. The van der Waals surface area contributed by atoms with Crippen LogP contribution in [0, 0.1) is 0 Å². The summed E-state index contributed by atoms with van der Waals surface area (Å²) in [4.78, 5) is 0. The van der Waals surface area contributed by atoms with Crippen molar-refractivity contribution in [2.45, 2.75) is 26.4 Å². The monoisotopic (exact) mass is 157 g/mol. The minimum absolute atomic E-state index is 0.108. The van der Waals surface area contributed by atoms with Gasteiger partial charge in [-0.1, -0.05) is 0 Å². The fourth-order valence-corrected chi connectivity index (χ4v) is 1.04. The Balaban J connectivity index is 2.57. The third-order valence-electron chi connectivity index (χ3n) is 0.834. The summed E-state index contributed by atoms with van der Waals surface area (Å²) < 4.78 is 9.41. The van der Waals surface area contributed by atoms with Gasteiger partial charge < -0.3 is 4.74 Å². The van der Waals surface area contributed by atoms with Crippen molar-refractivity contribution < 1.29 is 4.74 Å². The van der Waals surface area contributed by atoms with Crippen LogP contribution in [0.4, 0.5) is 0 Å². The predicted octanol–water partition coefficient (Wildman–Crippen LogP) is 2.32. The van der Waals surface area contributed by atoms with Gasteiger partial charge in [0.1, 0.15) is 5.60 Å². The molecule has 1 aromatic rings. The lowest BCUT2D eigenvalue weighted by Crippen LogP contribution is -2.22. The van der Waals surface area contributed by atoms with Gasteiger partial charge in [-0.05, 0) is 32.3 Å². The zero-order chi connectivity index (χ0) is 7.61. The summed E-state index contributed by atoms with van der Waals surface area (Å²) in [5.41, 5.74) is -0.108. The van der Waals surface area contributed by atoms with Crippen molar-refractivity contribution in [3.63, 3.8) is 0 Å². The normalized spacial score (nSPS) is 11.5. The molecule has 0 fully saturated rings. The Morgan fingerprint density at radius 1 is 1.50 bits per heavy atom. The third kappa shape index (κ3) is 2.35. The van der Waals surface area contributed by atoms with Gasteiger partial charge in [0.2, 0.25) is 0 Å². The average Bonchev–Trinajstić information content (AvgIpc) is 2.12. The largest absolute Gasteiger partial charge is 0.486 e. The number of hydrogen-bond acceptors (Lipinski definition) is 3. The third-order valence-corrected chi connectivity index (χ3v) is 1.40. The van der Waals surface area contributed by atoms with Crippen molar-refractivity contribution in [2.24, 2.45) is 0 Å². The second-order valence-corrected chi connectivity index (χ2v) is 3.73. The maximum Gasteiger partial charge on any atom is 0.150 e. The van der Waals surface area contributed by atoms with Crippen molar-refractivity contribution in [2.75, 3.05) is 0 Å². The van der Waals surface area contributed by atoms with E-state index in [9.17, 15) is 0 Å². The molecular formula is C7H11NOS. The SMILES string of the molecule is CC(C)(C)Oc1cnsc1. The second-order valence-electron chi connectivity index (χ2n) is 3.07. The first-order valence-corrected chi connectivity index (χ1v) is 4.00. The first kappa shape index (κ1) is 7.54. The minimum Gasteiger partial charge on any atom is -0.486 e. The van der Waals surface area contributed by atoms with Gasteiger partial charge in [0.05, 0.1) is 11.6 Å². The molecule has 0 aromatic carbocycles. The molecule has 0 spiro atoms. The Bertz CT molecular complexity index is 188. The molecule has 1 aromatic heterocycles. The summed E-state index contributed by atoms with van der Waals surface area (Å²) in [6.07, 6.45) is 1.73. The van der Waals surface area contributed by atoms with Crippen LogP contribution in [0.25, 0.3) is 0 Å². The van der Waals surface area contributed by atoms with Crippen LogP contribution < -0.4 is 4.74 Å². The van der Waals surface area contributed by atoms with Crippen LogP contribution in [0.3, 0.4) is 0 Å². The van der Waals surface area contributed by atoms with Gasteiger partial charge in [-0.15, -0.1) is 0 Å². The highest BCUT2D eigenvalue weighted by Crippen LogP contribution is 2.17. The van der Waals surface area contributed by atoms with Crippen molar-refractivity contribution in [1.29, 1.82) is 0 Å². The van der Waals surface area contributed by atoms with Gasteiger partial charge in [-0.25, -0.2) is 0 Å². The van der Waals surface area contributed by atoms with Gasteiger partial charge in [0.15, 0.2) is 5.75 Å². The quantitative estimate of drug-likeness (QED) is 0.624. The number of hydrogen-bond donors (Lipinski definition) is 0. The highest BCUT2D eigenvalue weighted by atomic mass is 32.1. The molecule has 0 unspecified atom stereocenters. The number of aromatic nitrogens is 1. The Hall–Kier alpha value is -0.570. The zero-order valence-electron chi connectivity index (χ0n) is 6.42. The van der Waals surface area contributed by atoms with E-state index in [-0.39, 0.29) is 5.60 Å². The van der Waals surface area contributed by atoms with Crippen LogP contribution in [0.2, 0.25) is 0 Å². The van der Waals surface area contributed by atoms with Crippen LogP contribution in [-0.2, 0) is 0 Å². The van der Waals surface area contributed by atoms with E-state index < -0.39 is 0 Å². The van der Waals surface area contributed by atoms with Crippen LogP contribution in [0.15, 0.2) is 11.6 Å². The smallest absolute Gasteiger partial charge is 0.150 e. The first-order valence-electron chi connectivity index (χ1n) is 3.16. The van der Waals surface area contributed by atoms with Gasteiger partial charge in [0.25, 0.3) is 0 Å². The molecule has 0 saturated carbocycles. The highest BCUT2D eigenvalue weighted by Gasteiger charge is 2.11. The Labute approximate surface area is 65.0 Å². The standard InChI is InChI=1S/C7H11NOS/c1-7(2,3)9-6-4-8-10-5-6/h4-5H,1-3H3.